The van der Waals surface area contributed by atoms with Crippen LogP contribution in [0.3, 0.4) is 0 Å². The van der Waals surface area contributed by atoms with Gasteiger partial charge in [0, 0.05) is 6.08 Å². The zero-order valence-electron chi connectivity index (χ0n) is 12.0. The van der Waals surface area contributed by atoms with Gasteiger partial charge in [0.1, 0.15) is 11.5 Å². The van der Waals surface area contributed by atoms with Crippen molar-refractivity contribution in [2.45, 2.75) is 25.0 Å². The second-order valence-electron chi connectivity index (χ2n) is 5.36. The van der Waals surface area contributed by atoms with Gasteiger partial charge in [-0.05, 0) is 43.2 Å². The first-order valence-corrected chi connectivity index (χ1v) is 6.65. The molecule has 0 bridgehead atoms. The van der Waals surface area contributed by atoms with Crippen LogP contribution in [0, 0.1) is 13.8 Å². The van der Waals surface area contributed by atoms with Gasteiger partial charge in [0.15, 0.2) is 0 Å². The second kappa shape index (κ2) is 4.45. The van der Waals surface area contributed by atoms with Crippen LogP contribution in [0.2, 0.25) is 0 Å². The normalized spacial score (nSPS) is 28.5. The maximum atomic E-state index is 11.4. The number of aryl methyl sites for hydroxylation is 1. The van der Waals surface area contributed by atoms with Gasteiger partial charge in [-0.25, -0.2) is 9.59 Å². The lowest BCUT2D eigenvalue weighted by molar-refractivity contribution is -0.144. The molecule has 1 aliphatic heterocycles. The lowest BCUT2D eigenvalue weighted by Gasteiger charge is -2.16. The van der Waals surface area contributed by atoms with Gasteiger partial charge >= 0.3 is 11.9 Å². The predicted octanol–water partition coefficient (Wildman–Crippen LogP) is 1.81. The quantitative estimate of drug-likeness (QED) is 0.823. The summed E-state index contributed by atoms with van der Waals surface area (Å²) >= 11 is 0. The number of carbonyl (C=O) groups is 2. The summed E-state index contributed by atoms with van der Waals surface area (Å²) in [6.07, 6.45) is 3.83. The Hall–Kier alpha value is -2.60. The molecule has 114 valence electrons. The smallest absolute Gasteiger partial charge is 0.344 e. The highest BCUT2D eigenvalue weighted by molar-refractivity contribution is 6.01. The van der Waals surface area contributed by atoms with Gasteiger partial charge in [0.05, 0.1) is 0 Å². The van der Waals surface area contributed by atoms with Crippen LogP contribution in [0.5, 0.6) is 5.75 Å². The summed E-state index contributed by atoms with van der Waals surface area (Å²) in [6, 6.07) is 5.52. The van der Waals surface area contributed by atoms with Gasteiger partial charge in [0.25, 0.3) is 0 Å². The average molecular weight is 302 g/mol. The number of carboxylic acids is 2. The highest BCUT2D eigenvalue weighted by Crippen LogP contribution is 2.53. The van der Waals surface area contributed by atoms with E-state index in [1.807, 2.05) is 26.0 Å². The Morgan fingerprint density at radius 3 is 2.45 bits per heavy atom. The zero-order valence-corrected chi connectivity index (χ0v) is 12.0. The molecule has 2 atom stereocenters. The number of hydrogen-bond donors (Lipinski definition) is 2. The molecule has 0 amide bonds. The molecular weight excluding hydrogens is 288 g/mol. The van der Waals surface area contributed by atoms with Gasteiger partial charge in [-0.2, -0.15) is 0 Å². The van der Waals surface area contributed by atoms with E-state index >= 15 is 0 Å². The summed E-state index contributed by atoms with van der Waals surface area (Å²) in [5.41, 5.74) is -1.78. The number of aliphatic carboxylic acids is 2. The molecule has 22 heavy (non-hydrogen) atoms. The molecule has 0 aromatic heterocycles. The Labute approximate surface area is 126 Å². The fraction of sp³-hybridized carbons (Fsp3) is 0.250. The van der Waals surface area contributed by atoms with E-state index in [-0.39, 0.29) is 5.76 Å². The molecule has 2 unspecified atom stereocenters. The van der Waals surface area contributed by atoms with E-state index in [1.165, 1.54) is 18.2 Å². The number of benzene rings is 1. The maximum absolute atomic E-state index is 11.4. The van der Waals surface area contributed by atoms with E-state index in [9.17, 15) is 19.8 Å². The SMILES string of the molecule is Cc1cccc(OC2=CC3(C(=O)O)OC3(C(=O)O)C=C2)c1C. The molecule has 6 nitrogen and oxygen atoms in total. The van der Waals surface area contributed by atoms with Gasteiger partial charge in [-0.3, -0.25) is 0 Å². The van der Waals surface area contributed by atoms with Crippen LogP contribution in [0.4, 0.5) is 0 Å². The Bertz CT molecular complexity index is 747. The lowest BCUT2D eigenvalue weighted by Crippen LogP contribution is -2.39. The largest absolute Gasteiger partial charge is 0.479 e. The summed E-state index contributed by atoms with van der Waals surface area (Å²) in [5, 5.41) is 18.5. The highest BCUT2D eigenvalue weighted by Gasteiger charge is 2.79. The van der Waals surface area contributed by atoms with E-state index in [1.54, 1.807) is 6.07 Å². The zero-order chi connectivity index (χ0) is 16.1. The van der Waals surface area contributed by atoms with E-state index in [0.29, 0.717) is 5.75 Å². The number of carboxylic acid groups (broad SMARTS) is 2. The number of hydrogen-bond acceptors (Lipinski definition) is 4. The highest BCUT2D eigenvalue weighted by atomic mass is 16.7. The molecule has 1 heterocycles. The third kappa shape index (κ3) is 1.77. The van der Waals surface area contributed by atoms with Crippen LogP contribution in [-0.4, -0.2) is 33.4 Å². The molecule has 0 saturated carbocycles. The molecule has 1 aromatic rings. The third-order valence-corrected chi connectivity index (χ3v) is 4.08. The van der Waals surface area contributed by atoms with Crippen LogP contribution >= 0.6 is 0 Å². The first-order chi connectivity index (χ1) is 10.3. The van der Waals surface area contributed by atoms with Crippen molar-refractivity contribution < 1.29 is 29.3 Å². The van der Waals surface area contributed by atoms with E-state index in [2.05, 4.69) is 0 Å². The molecule has 0 spiro atoms. The summed E-state index contributed by atoms with van der Waals surface area (Å²) < 4.78 is 10.8. The van der Waals surface area contributed by atoms with Crippen LogP contribution < -0.4 is 4.74 Å². The second-order valence-corrected chi connectivity index (χ2v) is 5.36. The topological polar surface area (TPSA) is 96.4 Å². The minimum absolute atomic E-state index is 0.241. The van der Waals surface area contributed by atoms with Crippen molar-refractivity contribution in [3.63, 3.8) is 0 Å². The van der Waals surface area contributed by atoms with Gasteiger partial charge in [-0.15, -0.1) is 0 Å². The average Bonchev–Trinajstić information content (AvgIpc) is 3.15. The molecule has 1 saturated heterocycles. The molecule has 1 fully saturated rings. The Morgan fingerprint density at radius 1 is 1.14 bits per heavy atom. The first-order valence-electron chi connectivity index (χ1n) is 6.65. The first kappa shape index (κ1) is 14.3. The van der Waals surface area contributed by atoms with Crippen LogP contribution in [0.1, 0.15) is 11.1 Å². The van der Waals surface area contributed by atoms with Crippen molar-refractivity contribution >= 4 is 11.9 Å². The minimum Gasteiger partial charge on any atom is -0.479 e. The number of fused-ring (bicyclic) bond motifs is 1. The van der Waals surface area contributed by atoms with Crippen LogP contribution in [0.25, 0.3) is 0 Å². The van der Waals surface area contributed by atoms with E-state index < -0.39 is 23.1 Å². The predicted molar refractivity (Wildman–Crippen MR) is 75.6 cm³/mol. The Balaban J connectivity index is 1.95. The Morgan fingerprint density at radius 2 is 1.82 bits per heavy atom. The molecule has 6 heteroatoms. The third-order valence-electron chi connectivity index (χ3n) is 4.08. The number of allylic oxidation sites excluding steroid dienone is 1. The molecule has 1 aliphatic carbocycles. The summed E-state index contributed by atoms with van der Waals surface area (Å²) in [5.74, 6) is -1.88. The van der Waals surface area contributed by atoms with Crippen molar-refractivity contribution in [1.29, 1.82) is 0 Å². The lowest BCUT2D eigenvalue weighted by atomic mass is 9.88. The molecule has 0 radical (unpaired) electrons. The summed E-state index contributed by atoms with van der Waals surface area (Å²) in [4.78, 5) is 22.7. The molecule has 3 rings (SSSR count). The standard InChI is InChI=1S/C16H14O6/c1-9-4-3-5-12(10(9)2)21-11-6-7-15(13(17)18)16(8-11,22-15)14(19)20/h3-8H,1-2H3,(H,17,18)(H,19,20). The maximum Gasteiger partial charge on any atom is 0.344 e. The van der Waals surface area contributed by atoms with Gasteiger partial charge in [0.2, 0.25) is 11.2 Å². The molecule has 1 aromatic carbocycles. The molecular formula is C16H14O6. The van der Waals surface area contributed by atoms with E-state index in [4.69, 9.17) is 9.47 Å². The minimum atomic E-state index is -1.90. The van der Waals surface area contributed by atoms with Crippen molar-refractivity contribution in [3.05, 3.63) is 53.3 Å². The van der Waals surface area contributed by atoms with E-state index in [0.717, 1.165) is 11.1 Å². The van der Waals surface area contributed by atoms with Gasteiger partial charge in [-0.1, -0.05) is 12.1 Å². The van der Waals surface area contributed by atoms with Crippen molar-refractivity contribution in [1.82, 2.24) is 0 Å². The molecule has 2 N–H and O–H groups in total. The van der Waals surface area contributed by atoms with Crippen LogP contribution in [0.15, 0.2) is 42.2 Å². The number of ether oxygens (including phenoxy) is 2. The fourth-order valence-corrected chi connectivity index (χ4v) is 2.53. The van der Waals surface area contributed by atoms with Crippen LogP contribution in [-0.2, 0) is 14.3 Å². The van der Waals surface area contributed by atoms with Crippen molar-refractivity contribution in [2.24, 2.45) is 0 Å². The van der Waals surface area contributed by atoms with Crippen molar-refractivity contribution in [2.75, 3.05) is 0 Å². The molecule has 2 aliphatic rings. The number of epoxide rings is 1. The Kier molecular flexibility index (Phi) is 2.90. The summed E-state index contributed by atoms with van der Waals surface area (Å²) in [7, 11) is 0. The summed E-state index contributed by atoms with van der Waals surface area (Å²) in [6.45, 7) is 3.82. The fourth-order valence-electron chi connectivity index (χ4n) is 2.53. The van der Waals surface area contributed by atoms with Gasteiger partial charge < -0.3 is 19.7 Å². The number of rotatable bonds is 4. The van der Waals surface area contributed by atoms with Crippen molar-refractivity contribution in [3.8, 4) is 5.75 Å². The monoisotopic (exact) mass is 302 g/mol.